The second kappa shape index (κ2) is 4.53. The van der Waals surface area contributed by atoms with Gasteiger partial charge in [-0.15, -0.1) is 0 Å². The van der Waals surface area contributed by atoms with Gasteiger partial charge in [0.05, 0.1) is 25.4 Å². The van der Waals surface area contributed by atoms with Crippen LogP contribution < -0.4 is 0 Å². The molecule has 2 bridgehead atoms. The molecule has 0 unspecified atom stereocenters. The van der Waals surface area contributed by atoms with Gasteiger partial charge >= 0.3 is 5.97 Å². The van der Waals surface area contributed by atoms with Crippen molar-refractivity contribution in [1.29, 1.82) is 0 Å². The summed E-state index contributed by atoms with van der Waals surface area (Å²) in [5, 5.41) is 10.5. The van der Waals surface area contributed by atoms with Gasteiger partial charge in [0, 0.05) is 33.0 Å². The molecule has 3 aliphatic rings. The molecular weight excluding hydrogens is 264 g/mol. The lowest BCUT2D eigenvalue weighted by Crippen LogP contribution is -2.62. The lowest BCUT2D eigenvalue weighted by Gasteiger charge is -2.49. The first-order valence-corrected chi connectivity index (χ1v) is 6.74. The summed E-state index contributed by atoms with van der Waals surface area (Å²) in [5.74, 6) is -1.41. The molecule has 6 heteroatoms. The molecule has 3 rings (SSSR count). The molecule has 6 atom stereocenters. The van der Waals surface area contributed by atoms with E-state index in [4.69, 9.17) is 18.9 Å². The molecule has 2 aliphatic carbocycles. The minimum atomic E-state index is -1.12. The summed E-state index contributed by atoms with van der Waals surface area (Å²) in [6, 6.07) is 0. The maximum atomic E-state index is 12.5. The van der Waals surface area contributed by atoms with Crippen molar-refractivity contribution in [1.82, 2.24) is 0 Å². The minimum absolute atomic E-state index is 0.214. The number of aliphatic hydroxyl groups excluding tert-OH is 1. The first-order chi connectivity index (χ1) is 9.54. The second-order valence-corrected chi connectivity index (χ2v) is 5.69. The van der Waals surface area contributed by atoms with Crippen LogP contribution >= 0.6 is 0 Å². The van der Waals surface area contributed by atoms with E-state index in [1.807, 2.05) is 0 Å². The van der Waals surface area contributed by atoms with Gasteiger partial charge in [0.25, 0.3) is 0 Å². The van der Waals surface area contributed by atoms with Gasteiger partial charge in [-0.2, -0.15) is 0 Å². The molecule has 0 aromatic carbocycles. The van der Waals surface area contributed by atoms with E-state index < -0.39 is 29.4 Å². The molecule has 1 aliphatic heterocycles. The smallest absolute Gasteiger partial charge is 0.317 e. The Morgan fingerprint density at radius 1 is 1.30 bits per heavy atom. The van der Waals surface area contributed by atoms with Crippen molar-refractivity contribution in [2.45, 2.75) is 36.9 Å². The summed E-state index contributed by atoms with van der Waals surface area (Å²) in [7, 11) is 4.46. The summed E-state index contributed by atoms with van der Waals surface area (Å²) in [6.45, 7) is 0. The number of esters is 1. The number of hydrogen-bond donors (Lipinski definition) is 1. The molecule has 1 saturated heterocycles. The standard InChI is InChI=1S/C14H20O6/c1-17-11-7-13(19-3)6-8-9(20-13)4-5-10(15)14(8,11)12(16)18-2/h4-5,8-11,15H,6-7H2,1-3H3/t8-,9-,10+,11-,13-,14+/m1/s1. The zero-order valence-electron chi connectivity index (χ0n) is 11.9. The van der Waals surface area contributed by atoms with Crippen LogP contribution in [0.15, 0.2) is 12.2 Å². The maximum Gasteiger partial charge on any atom is 0.317 e. The van der Waals surface area contributed by atoms with Crippen molar-refractivity contribution in [3.05, 3.63) is 12.2 Å². The number of hydrogen-bond acceptors (Lipinski definition) is 6. The SMILES string of the molecule is COC(=O)[C@]12[C@@H]3C[C@](OC)(C[C@H]1OC)O[C@@H]3C=C[C@@H]2O. The van der Waals surface area contributed by atoms with Gasteiger partial charge in [-0.25, -0.2) is 0 Å². The van der Waals surface area contributed by atoms with Gasteiger partial charge in [0.1, 0.15) is 5.41 Å². The number of rotatable bonds is 3. The summed E-state index contributed by atoms with van der Waals surface area (Å²) in [6.07, 6.45) is 2.61. The van der Waals surface area contributed by atoms with E-state index in [1.165, 1.54) is 14.2 Å². The molecule has 20 heavy (non-hydrogen) atoms. The predicted molar refractivity (Wildman–Crippen MR) is 67.7 cm³/mol. The molecular formula is C14H20O6. The molecule has 0 spiro atoms. The summed E-state index contributed by atoms with van der Waals surface area (Å²) in [5.41, 5.74) is -1.12. The number of methoxy groups -OCH3 is 3. The van der Waals surface area contributed by atoms with Crippen molar-refractivity contribution in [3.8, 4) is 0 Å². The van der Waals surface area contributed by atoms with Crippen LogP contribution in [0, 0.1) is 11.3 Å². The van der Waals surface area contributed by atoms with Crippen molar-refractivity contribution in [3.63, 3.8) is 0 Å². The third-order valence-electron chi connectivity index (χ3n) is 5.09. The fourth-order valence-electron chi connectivity index (χ4n) is 4.12. The highest BCUT2D eigenvalue weighted by Crippen LogP contribution is 2.59. The molecule has 0 radical (unpaired) electrons. The van der Waals surface area contributed by atoms with E-state index in [0.29, 0.717) is 12.8 Å². The Bertz CT molecular complexity index is 449. The minimum Gasteiger partial charge on any atom is -0.468 e. The fourth-order valence-corrected chi connectivity index (χ4v) is 4.12. The summed E-state index contributed by atoms with van der Waals surface area (Å²) >= 11 is 0. The highest BCUT2D eigenvalue weighted by molar-refractivity contribution is 5.80. The Kier molecular flexibility index (Phi) is 3.17. The Morgan fingerprint density at radius 3 is 2.65 bits per heavy atom. The molecule has 1 N–H and O–H groups in total. The van der Waals surface area contributed by atoms with Crippen molar-refractivity contribution < 1.29 is 28.8 Å². The Labute approximate surface area is 117 Å². The first-order valence-electron chi connectivity index (χ1n) is 6.74. The topological polar surface area (TPSA) is 74.2 Å². The van der Waals surface area contributed by atoms with Crippen LogP contribution in [0.1, 0.15) is 12.8 Å². The Balaban J connectivity index is 2.13. The maximum absolute atomic E-state index is 12.5. The van der Waals surface area contributed by atoms with Gasteiger partial charge in [0.2, 0.25) is 0 Å². The van der Waals surface area contributed by atoms with Crippen molar-refractivity contribution in [2.24, 2.45) is 11.3 Å². The Morgan fingerprint density at radius 2 is 2.05 bits per heavy atom. The van der Waals surface area contributed by atoms with E-state index in [-0.39, 0.29) is 12.0 Å². The van der Waals surface area contributed by atoms with Crippen molar-refractivity contribution in [2.75, 3.05) is 21.3 Å². The number of fused-ring (bicyclic) bond motifs is 1. The van der Waals surface area contributed by atoms with E-state index in [1.54, 1.807) is 19.3 Å². The van der Waals surface area contributed by atoms with E-state index in [9.17, 15) is 9.90 Å². The number of carbonyl (C=O) groups is 1. The van der Waals surface area contributed by atoms with E-state index in [2.05, 4.69) is 0 Å². The van der Waals surface area contributed by atoms with Crippen molar-refractivity contribution >= 4 is 5.97 Å². The fraction of sp³-hybridized carbons (Fsp3) is 0.786. The molecule has 2 fully saturated rings. The van der Waals surface area contributed by atoms with Gasteiger partial charge in [0.15, 0.2) is 5.79 Å². The number of carbonyl (C=O) groups excluding carboxylic acids is 1. The monoisotopic (exact) mass is 284 g/mol. The third kappa shape index (κ3) is 1.50. The van der Waals surface area contributed by atoms with Gasteiger partial charge < -0.3 is 24.1 Å². The van der Waals surface area contributed by atoms with Crippen LogP contribution in [0.5, 0.6) is 0 Å². The van der Waals surface area contributed by atoms with Gasteiger partial charge in [-0.1, -0.05) is 12.2 Å². The third-order valence-corrected chi connectivity index (χ3v) is 5.09. The lowest BCUT2D eigenvalue weighted by atomic mass is 9.57. The number of ether oxygens (including phenoxy) is 4. The molecule has 112 valence electrons. The average Bonchev–Trinajstić information content (AvgIpc) is 2.82. The molecule has 1 saturated carbocycles. The zero-order valence-corrected chi connectivity index (χ0v) is 11.9. The predicted octanol–water partition coefficient (Wildman–Crippen LogP) is 0.243. The highest BCUT2D eigenvalue weighted by atomic mass is 16.7. The summed E-state index contributed by atoms with van der Waals surface area (Å²) < 4.78 is 22.0. The largest absolute Gasteiger partial charge is 0.468 e. The highest BCUT2D eigenvalue weighted by Gasteiger charge is 2.70. The normalized spacial score (nSPS) is 49.2. The quantitative estimate of drug-likeness (QED) is 0.591. The first kappa shape index (κ1) is 14.0. The molecule has 0 amide bonds. The van der Waals surface area contributed by atoms with Crippen LogP contribution in [0.4, 0.5) is 0 Å². The van der Waals surface area contributed by atoms with Gasteiger partial charge in [-0.05, 0) is 0 Å². The van der Waals surface area contributed by atoms with Gasteiger partial charge in [-0.3, -0.25) is 4.79 Å². The van der Waals surface area contributed by atoms with E-state index >= 15 is 0 Å². The molecule has 6 nitrogen and oxygen atoms in total. The zero-order chi connectivity index (χ0) is 14.5. The van der Waals surface area contributed by atoms with Crippen LogP contribution in [0.25, 0.3) is 0 Å². The number of aliphatic hydroxyl groups is 1. The van der Waals surface area contributed by atoms with Crippen LogP contribution in [-0.4, -0.2) is 56.5 Å². The average molecular weight is 284 g/mol. The lowest BCUT2D eigenvalue weighted by molar-refractivity contribution is -0.237. The molecule has 0 aromatic heterocycles. The van der Waals surface area contributed by atoms with Crippen LogP contribution in [0.2, 0.25) is 0 Å². The van der Waals surface area contributed by atoms with Crippen LogP contribution in [-0.2, 0) is 23.7 Å². The second-order valence-electron chi connectivity index (χ2n) is 5.69. The molecule has 1 heterocycles. The van der Waals surface area contributed by atoms with E-state index in [0.717, 1.165) is 0 Å². The Hall–Kier alpha value is -0.950. The molecule has 0 aromatic rings. The summed E-state index contributed by atoms with van der Waals surface area (Å²) in [4.78, 5) is 12.5. The van der Waals surface area contributed by atoms with Crippen LogP contribution in [0.3, 0.4) is 0 Å².